The normalized spacial score (nSPS) is 19.8. The molecular formula is C37H37N. The van der Waals surface area contributed by atoms with Gasteiger partial charge in [0.15, 0.2) is 0 Å². The molecule has 2 unspecified atom stereocenters. The molecule has 0 N–H and O–H groups in total. The predicted molar refractivity (Wildman–Crippen MR) is 163 cm³/mol. The third-order valence-corrected chi connectivity index (χ3v) is 7.55. The molecule has 0 saturated heterocycles. The second-order valence-corrected chi connectivity index (χ2v) is 10.4. The van der Waals surface area contributed by atoms with E-state index in [-0.39, 0.29) is 0 Å². The Hall–Kier alpha value is -4.10. The Kier molecular flexibility index (Phi) is 7.75. The highest BCUT2D eigenvalue weighted by atomic mass is 15.2. The fraction of sp³-hybridized carbons (Fsp3) is 0.189. The first-order chi connectivity index (χ1) is 18.5. The predicted octanol–water partition coefficient (Wildman–Crippen LogP) is 7.96. The Labute approximate surface area is 227 Å². The van der Waals surface area contributed by atoms with E-state index in [2.05, 4.69) is 154 Å². The molecule has 0 fully saturated rings. The summed E-state index contributed by atoms with van der Waals surface area (Å²) < 4.78 is 0. The minimum atomic E-state index is 0.397. The average Bonchev–Trinajstić information content (AvgIpc) is 2.95. The van der Waals surface area contributed by atoms with Crippen LogP contribution in [-0.2, 0) is 0 Å². The van der Waals surface area contributed by atoms with Gasteiger partial charge in [-0.25, -0.2) is 0 Å². The molecule has 3 aromatic rings. The Morgan fingerprint density at radius 1 is 0.737 bits per heavy atom. The van der Waals surface area contributed by atoms with E-state index >= 15 is 0 Å². The van der Waals surface area contributed by atoms with Gasteiger partial charge < -0.3 is 4.90 Å². The van der Waals surface area contributed by atoms with Crippen molar-refractivity contribution in [1.29, 1.82) is 0 Å². The summed E-state index contributed by atoms with van der Waals surface area (Å²) in [5.41, 5.74) is 8.89. The molecule has 5 rings (SSSR count). The van der Waals surface area contributed by atoms with Crippen LogP contribution in [0.2, 0.25) is 0 Å². The Balaban J connectivity index is 1.53. The molecule has 2 aliphatic rings. The van der Waals surface area contributed by atoms with Crippen molar-refractivity contribution in [3.8, 4) is 0 Å². The van der Waals surface area contributed by atoms with Gasteiger partial charge in [0.25, 0.3) is 0 Å². The van der Waals surface area contributed by atoms with Gasteiger partial charge in [0, 0.05) is 28.4 Å². The molecule has 0 radical (unpaired) electrons. The van der Waals surface area contributed by atoms with Crippen LogP contribution in [0, 0.1) is 13.8 Å². The van der Waals surface area contributed by atoms with Crippen molar-refractivity contribution >= 4 is 12.3 Å². The summed E-state index contributed by atoms with van der Waals surface area (Å²) >= 11 is 0. The maximum atomic E-state index is 4.36. The molecule has 2 atom stereocenters. The summed E-state index contributed by atoms with van der Waals surface area (Å²) in [6.45, 7) is 10.7. The van der Waals surface area contributed by atoms with Gasteiger partial charge in [0.1, 0.15) is 0 Å². The topological polar surface area (TPSA) is 3.24 Å². The van der Waals surface area contributed by atoms with Crippen molar-refractivity contribution in [2.45, 2.75) is 45.4 Å². The van der Waals surface area contributed by atoms with Gasteiger partial charge in [-0.3, -0.25) is 0 Å². The molecular weight excluding hydrogens is 458 g/mol. The molecule has 0 aliphatic heterocycles. The molecule has 190 valence electrons. The highest BCUT2D eigenvalue weighted by molar-refractivity contribution is 5.63. The van der Waals surface area contributed by atoms with Crippen molar-refractivity contribution in [3.63, 3.8) is 0 Å². The van der Waals surface area contributed by atoms with Gasteiger partial charge in [-0.15, -0.1) is 0 Å². The zero-order chi connectivity index (χ0) is 26.5. The number of rotatable bonds is 6. The van der Waals surface area contributed by atoms with Crippen LogP contribution in [0.5, 0.6) is 0 Å². The first-order valence-corrected chi connectivity index (χ1v) is 13.6. The molecule has 0 bridgehead atoms. The van der Waals surface area contributed by atoms with E-state index < -0.39 is 0 Å². The van der Waals surface area contributed by atoms with Gasteiger partial charge in [-0.2, -0.15) is 0 Å². The highest BCUT2D eigenvalue weighted by Crippen LogP contribution is 2.35. The molecule has 1 heteroatoms. The first kappa shape index (κ1) is 25.5. The van der Waals surface area contributed by atoms with Crippen molar-refractivity contribution in [1.82, 2.24) is 4.90 Å². The standard InChI is InChI=1S/C37H37N/c1-5-8-37(36-10-7-6-9-29(36)4)38(34-23-19-32(20-24-34)30-15-11-27(2)12-16-30)35-25-21-33(22-26-35)31-17-13-28(3)14-18-31/h5-19,21,23-26,32-33H,4,20,22H2,1-3H3/b8-5?,37-36+. The lowest BCUT2D eigenvalue weighted by Gasteiger charge is -2.32. The third-order valence-electron chi connectivity index (χ3n) is 7.55. The van der Waals surface area contributed by atoms with Gasteiger partial charge >= 0.3 is 0 Å². The van der Waals surface area contributed by atoms with Gasteiger partial charge in [-0.1, -0.05) is 121 Å². The molecule has 0 aromatic heterocycles. The van der Waals surface area contributed by atoms with E-state index in [1.165, 1.54) is 33.6 Å². The van der Waals surface area contributed by atoms with Crippen LogP contribution in [0.4, 0.5) is 0 Å². The van der Waals surface area contributed by atoms with Crippen LogP contribution < -0.4 is 10.4 Å². The van der Waals surface area contributed by atoms with E-state index in [1.54, 1.807) is 0 Å². The number of allylic oxidation sites excluding steroid dienone is 7. The molecule has 0 heterocycles. The molecule has 38 heavy (non-hydrogen) atoms. The summed E-state index contributed by atoms with van der Waals surface area (Å²) in [5.74, 6) is 0.793. The van der Waals surface area contributed by atoms with Crippen LogP contribution >= 0.6 is 0 Å². The Morgan fingerprint density at radius 3 is 1.66 bits per heavy atom. The van der Waals surface area contributed by atoms with E-state index in [1.807, 2.05) is 0 Å². The number of hydrogen-bond acceptors (Lipinski definition) is 1. The molecule has 0 amide bonds. The number of hydrogen-bond donors (Lipinski definition) is 0. The zero-order valence-corrected chi connectivity index (χ0v) is 22.8. The lowest BCUT2D eigenvalue weighted by Crippen LogP contribution is -2.32. The second kappa shape index (κ2) is 11.5. The summed E-state index contributed by atoms with van der Waals surface area (Å²) in [7, 11) is 0. The largest absolute Gasteiger partial charge is 0.311 e. The summed E-state index contributed by atoms with van der Waals surface area (Å²) in [6.07, 6.45) is 20.4. The molecule has 3 aromatic carbocycles. The van der Waals surface area contributed by atoms with E-state index in [4.69, 9.17) is 0 Å². The van der Waals surface area contributed by atoms with Crippen LogP contribution in [-0.4, -0.2) is 4.90 Å². The van der Waals surface area contributed by atoms with Gasteiger partial charge in [0.05, 0.1) is 5.70 Å². The van der Waals surface area contributed by atoms with Crippen molar-refractivity contribution < 1.29 is 0 Å². The highest BCUT2D eigenvalue weighted by Gasteiger charge is 2.22. The van der Waals surface area contributed by atoms with Crippen LogP contribution in [0.1, 0.15) is 53.9 Å². The van der Waals surface area contributed by atoms with E-state index in [0.717, 1.165) is 29.0 Å². The van der Waals surface area contributed by atoms with Crippen LogP contribution in [0.15, 0.2) is 133 Å². The maximum Gasteiger partial charge on any atom is 0.0536 e. The average molecular weight is 496 g/mol. The van der Waals surface area contributed by atoms with Crippen molar-refractivity contribution in [2.75, 3.05) is 0 Å². The smallest absolute Gasteiger partial charge is 0.0536 e. The zero-order valence-electron chi connectivity index (χ0n) is 22.8. The first-order valence-electron chi connectivity index (χ1n) is 13.6. The molecule has 0 saturated carbocycles. The van der Waals surface area contributed by atoms with E-state index in [9.17, 15) is 0 Å². The minimum absolute atomic E-state index is 0.397. The van der Waals surface area contributed by atoms with E-state index in [0.29, 0.717) is 11.8 Å². The van der Waals surface area contributed by atoms with Gasteiger partial charge in [0.2, 0.25) is 0 Å². The second-order valence-electron chi connectivity index (χ2n) is 10.4. The summed E-state index contributed by atoms with van der Waals surface area (Å²) in [5, 5.41) is 2.18. The summed E-state index contributed by atoms with van der Waals surface area (Å²) in [4.78, 5) is 2.41. The Morgan fingerprint density at radius 2 is 1.24 bits per heavy atom. The third kappa shape index (κ3) is 5.58. The number of nitrogens with zero attached hydrogens (tertiary/aromatic N) is 1. The quantitative estimate of drug-likeness (QED) is 0.335. The lowest BCUT2D eigenvalue weighted by molar-refractivity contribution is 0.611. The van der Waals surface area contributed by atoms with Gasteiger partial charge in [-0.05, 0) is 68.2 Å². The maximum absolute atomic E-state index is 4.36. The SMILES string of the molecule is C=c1cccc/c1=C(/C=CC)N(C1=CCC(c2ccc(C)cc2)C=C1)C1=CCC(c2ccc(C)cc2)C=C1. The molecule has 0 spiro atoms. The lowest BCUT2D eigenvalue weighted by atomic mass is 9.89. The van der Waals surface area contributed by atoms with Crippen LogP contribution in [0.3, 0.4) is 0 Å². The molecule has 1 nitrogen and oxygen atoms in total. The van der Waals surface area contributed by atoms with Crippen molar-refractivity contribution in [3.05, 3.63) is 165 Å². The number of benzene rings is 3. The van der Waals surface area contributed by atoms with Crippen LogP contribution in [0.25, 0.3) is 12.3 Å². The monoisotopic (exact) mass is 495 g/mol. The minimum Gasteiger partial charge on any atom is -0.311 e. The Bertz CT molecular complexity index is 1460. The fourth-order valence-electron chi connectivity index (χ4n) is 5.31. The summed E-state index contributed by atoms with van der Waals surface area (Å²) in [6, 6.07) is 26.3. The molecule has 2 aliphatic carbocycles. The van der Waals surface area contributed by atoms with Crippen molar-refractivity contribution in [2.24, 2.45) is 0 Å². The number of aryl methyl sites for hydroxylation is 2. The fourth-order valence-corrected chi connectivity index (χ4v) is 5.31.